The molecule has 0 aromatic heterocycles. The van der Waals surface area contributed by atoms with E-state index in [0.717, 1.165) is 0 Å². The average Bonchev–Trinajstić information content (AvgIpc) is 3.68. The lowest BCUT2D eigenvalue weighted by atomic mass is 9.74. The van der Waals surface area contributed by atoms with Gasteiger partial charge in [0.25, 0.3) is 0 Å². The van der Waals surface area contributed by atoms with E-state index < -0.39 is 102 Å². The summed E-state index contributed by atoms with van der Waals surface area (Å²) in [5.41, 5.74) is -2.26. The molecule has 4 fully saturated rings. The van der Waals surface area contributed by atoms with Crippen LogP contribution < -0.4 is 0 Å². The molecule has 332 valence electrons. The van der Waals surface area contributed by atoms with Gasteiger partial charge in [0.05, 0.1) is 24.4 Å². The number of allylic oxidation sites excluding steroid dienone is 2. The number of fused-ring (bicyclic) bond motifs is 4. The summed E-state index contributed by atoms with van der Waals surface area (Å²) in [4.78, 5) is 57.3. The zero-order valence-corrected chi connectivity index (χ0v) is 36.4. The van der Waals surface area contributed by atoms with Crippen molar-refractivity contribution in [3.8, 4) is 0 Å². The molecule has 13 atom stereocenters. The SMILES string of the molecule is CC[C@H]1C/C=C\CC[C@H](O)CC(=O)C(C)(C)[C@@H]2CC[C@@H](C)[C@]3(O2)O[B-]24OC(C(=O)O1)[C@]1(O[C@@H](CC[C@H]1C)C(C)(C)C(=O)C[C@@H](O)CC/C=C\C[C@H](CC)OC(=O)C3O2)O4. The number of hydrogen-bond acceptors (Lipinski definition) is 14. The first kappa shape index (κ1) is 46.0. The molecule has 0 aromatic rings. The van der Waals surface area contributed by atoms with Gasteiger partial charge in [-0.3, -0.25) is 9.59 Å². The Morgan fingerprint density at radius 2 is 1.00 bits per heavy atom. The summed E-state index contributed by atoms with van der Waals surface area (Å²) in [6.07, 6.45) is 4.87. The van der Waals surface area contributed by atoms with Gasteiger partial charge in [-0.15, -0.1) is 0 Å². The standard InChI is InChI=1S/C44H68BO14/c1-9-31-19-15-11-13-17-29(46)25-33(48)42(7,8)36-24-22-28(4)44(55-36)38-40(51)53-32(10-2)20-16-12-14-18-30(47)26-34(49)41(5,6)35-23-21-27(3)43(54-35)37(39(50)52-31)56-45(57-38,58-43)59-44/h11-12,15-16,27-32,35-38,46-47H,9-10,13-14,17-26H2,1-8H3/q-1/b15-11-,16-12-/t27-,28-,29+,30+,31+,32+,35+,36+,37?,38?,43-,44+,45?/m1/s1. The van der Waals surface area contributed by atoms with Crippen molar-refractivity contribution in [1.29, 1.82) is 0 Å². The molecule has 0 aliphatic carbocycles. The number of carbonyl (C=O) groups is 4. The summed E-state index contributed by atoms with van der Waals surface area (Å²) in [5, 5.41) is 21.9. The zero-order chi connectivity index (χ0) is 43.0. The summed E-state index contributed by atoms with van der Waals surface area (Å²) < 4.78 is 53.1. The minimum Gasteiger partial charge on any atom is -0.504 e. The second-order valence-electron chi connectivity index (χ2n) is 19.0. The van der Waals surface area contributed by atoms with Crippen LogP contribution in [0.15, 0.2) is 24.3 Å². The zero-order valence-electron chi connectivity index (χ0n) is 36.4. The summed E-state index contributed by atoms with van der Waals surface area (Å²) >= 11 is 0. The van der Waals surface area contributed by atoms with Crippen molar-refractivity contribution in [2.24, 2.45) is 22.7 Å². The third kappa shape index (κ3) is 9.19. The minimum atomic E-state index is -3.52. The van der Waals surface area contributed by atoms with Crippen LogP contribution >= 0.6 is 0 Å². The average molecular weight is 832 g/mol. The van der Waals surface area contributed by atoms with E-state index in [-0.39, 0.29) is 24.4 Å². The third-order valence-corrected chi connectivity index (χ3v) is 14.0. The Bertz CT molecular complexity index is 1490. The van der Waals surface area contributed by atoms with E-state index in [0.29, 0.717) is 77.0 Å². The van der Waals surface area contributed by atoms with Crippen LogP contribution in [0.25, 0.3) is 0 Å². The lowest BCUT2D eigenvalue weighted by molar-refractivity contribution is -0.302. The maximum Gasteiger partial charge on any atom is 0.536 e. The molecule has 0 aromatic carbocycles. The van der Waals surface area contributed by atoms with Crippen LogP contribution in [0.5, 0.6) is 0 Å². The van der Waals surface area contributed by atoms with E-state index >= 15 is 0 Å². The fraction of sp³-hybridized carbons (Fsp3) is 0.818. The highest BCUT2D eigenvalue weighted by Gasteiger charge is 2.73. The number of esters is 2. The van der Waals surface area contributed by atoms with Crippen molar-refractivity contribution in [2.75, 3.05) is 0 Å². The molecule has 3 unspecified atom stereocenters. The molecule has 0 radical (unpaired) electrons. The molecule has 59 heavy (non-hydrogen) atoms. The number of carbonyl (C=O) groups excluding carboxylic acids is 4. The fourth-order valence-corrected chi connectivity index (χ4v) is 9.52. The van der Waals surface area contributed by atoms with Gasteiger partial charge in [-0.1, -0.05) is 79.7 Å². The van der Waals surface area contributed by atoms with Gasteiger partial charge >= 0.3 is 18.9 Å². The van der Waals surface area contributed by atoms with E-state index in [9.17, 15) is 29.4 Å². The highest BCUT2D eigenvalue weighted by atomic mass is 17.0. The number of aliphatic hydroxyl groups excluding tert-OH is 2. The lowest BCUT2D eigenvalue weighted by Gasteiger charge is -2.51. The van der Waals surface area contributed by atoms with Crippen LogP contribution in [0, 0.1) is 22.7 Å². The molecule has 15 heteroatoms. The van der Waals surface area contributed by atoms with E-state index in [1.54, 1.807) is 27.7 Å². The third-order valence-electron chi connectivity index (χ3n) is 14.0. The molecule has 6 aliphatic rings. The van der Waals surface area contributed by atoms with Crippen LogP contribution in [0.2, 0.25) is 0 Å². The van der Waals surface area contributed by atoms with Gasteiger partial charge in [-0.05, 0) is 64.2 Å². The smallest absolute Gasteiger partial charge is 0.504 e. The largest absolute Gasteiger partial charge is 0.536 e. The molecule has 3 spiro atoms. The number of rotatable bonds is 2. The highest BCUT2D eigenvalue weighted by molar-refractivity contribution is 6.56. The highest BCUT2D eigenvalue weighted by Crippen LogP contribution is 2.57. The van der Waals surface area contributed by atoms with Crippen molar-refractivity contribution < 1.29 is 67.0 Å². The molecule has 14 nitrogen and oxygen atoms in total. The van der Waals surface area contributed by atoms with Crippen molar-refractivity contribution in [1.82, 2.24) is 0 Å². The molecular weight excluding hydrogens is 763 g/mol. The van der Waals surface area contributed by atoms with E-state index in [1.165, 1.54) is 0 Å². The maximum absolute atomic E-state index is 14.6. The summed E-state index contributed by atoms with van der Waals surface area (Å²) in [5.74, 6) is -6.89. The van der Waals surface area contributed by atoms with Crippen LogP contribution in [0.4, 0.5) is 0 Å². The second kappa shape index (κ2) is 18.1. The maximum atomic E-state index is 14.6. The van der Waals surface area contributed by atoms with Gasteiger partial charge < -0.3 is 47.8 Å². The van der Waals surface area contributed by atoms with Crippen LogP contribution in [0.3, 0.4) is 0 Å². The first-order valence-electron chi connectivity index (χ1n) is 22.2. The molecule has 7 bridgehead atoms. The molecule has 0 amide bonds. The first-order chi connectivity index (χ1) is 27.8. The van der Waals surface area contributed by atoms with Crippen molar-refractivity contribution >= 4 is 30.5 Å². The first-order valence-corrected chi connectivity index (χ1v) is 22.2. The predicted octanol–water partition coefficient (Wildman–Crippen LogP) is 6.09. The summed E-state index contributed by atoms with van der Waals surface area (Å²) in [6, 6.07) is 0. The van der Waals surface area contributed by atoms with Gasteiger partial charge in [0, 0.05) is 48.3 Å². The Morgan fingerprint density at radius 3 is 1.37 bits per heavy atom. The fourth-order valence-electron chi connectivity index (χ4n) is 9.52. The topological polar surface area (TPSA) is 183 Å². The van der Waals surface area contributed by atoms with Gasteiger partial charge in [-0.25, -0.2) is 9.59 Å². The minimum absolute atomic E-state index is 0.0918. The van der Waals surface area contributed by atoms with Crippen LogP contribution in [0.1, 0.15) is 145 Å². The Labute approximate surface area is 349 Å². The Balaban J connectivity index is 1.50. The Kier molecular flexibility index (Phi) is 14.1. The number of Topliss-reactive ketones (excluding diaryl/α,β-unsaturated/α-hetero) is 2. The Morgan fingerprint density at radius 1 is 0.610 bits per heavy atom. The number of hydrogen-bond donors (Lipinski definition) is 2. The van der Waals surface area contributed by atoms with Crippen LogP contribution in [-0.2, 0) is 56.7 Å². The molecule has 0 saturated carbocycles. The molecule has 4 saturated heterocycles. The van der Waals surface area contributed by atoms with Crippen LogP contribution in [-0.4, -0.2) is 101 Å². The number of cyclic esters (lactones) is 2. The monoisotopic (exact) mass is 831 g/mol. The van der Waals surface area contributed by atoms with E-state index in [1.807, 2.05) is 52.0 Å². The normalized spacial score (nSPS) is 44.8. The Hall–Kier alpha value is -2.50. The molecule has 2 N–H and O–H groups in total. The van der Waals surface area contributed by atoms with Gasteiger partial charge in [0.2, 0.25) is 0 Å². The number of aliphatic hydroxyl groups is 2. The second-order valence-corrected chi connectivity index (χ2v) is 19.0. The molecular formula is C44H68BO14-. The molecule has 6 aliphatic heterocycles. The van der Waals surface area contributed by atoms with E-state index in [4.69, 9.17) is 37.6 Å². The number of ketones is 2. The predicted molar refractivity (Wildman–Crippen MR) is 215 cm³/mol. The van der Waals surface area contributed by atoms with Crippen molar-refractivity contribution in [2.45, 2.75) is 206 Å². The summed E-state index contributed by atoms with van der Waals surface area (Å²) in [7, 11) is 0. The molecule has 6 rings (SSSR count). The van der Waals surface area contributed by atoms with E-state index in [2.05, 4.69) is 0 Å². The lowest BCUT2D eigenvalue weighted by Crippen LogP contribution is -2.61. The summed E-state index contributed by atoms with van der Waals surface area (Å²) in [6.45, 7) is 11.1. The van der Waals surface area contributed by atoms with Crippen molar-refractivity contribution in [3.05, 3.63) is 24.3 Å². The van der Waals surface area contributed by atoms with Gasteiger partial charge in [0.1, 0.15) is 23.8 Å². The molecule has 6 heterocycles. The van der Waals surface area contributed by atoms with Gasteiger partial charge in [0.15, 0.2) is 23.8 Å². The van der Waals surface area contributed by atoms with Crippen molar-refractivity contribution in [3.63, 3.8) is 0 Å². The number of ether oxygens (including phenoxy) is 4. The quantitative estimate of drug-likeness (QED) is 0.185. The van der Waals surface area contributed by atoms with Gasteiger partial charge in [-0.2, -0.15) is 0 Å².